The molecule has 4 nitrogen and oxygen atoms in total. The van der Waals surface area contributed by atoms with E-state index in [1.165, 1.54) is 6.92 Å². The lowest BCUT2D eigenvalue weighted by Gasteiger charge is -2.34. The summed E-state index contributed by atoms with van der Waals surface area (Å²) in [5.74, 6) is -0.714. The monoisotopic (exact) mass is 337 g/mol. The van der Waals surface area contributed by atoms with Crippen molar-refractivity contribution in [1.82, 2.24) is 0 Å². The van der Waals surface area contributed by atoms with Gasteiger partial charge in [-0.05, 0) is 31.6 Å². The van der Waals surface area contributed by atoms with E-state index in [1.54, 1.807) is 18.7 Å². The molecule has 0 aliphatic carbocycles. The molecule has 0 unspecified atom stereocenters. The fraction of sp³-hybridized carbons (Fsp3) is 0.333. The summed E-state index contributed by atoms with van der Waals surface area (Å²) in [7, 11) is 0. The Morgan fingerprint density at radius 2 is 1.95 bits per heavy atom. The van der Waals surface area contributed by atoms with E-state index in [0.717, 1.165) is 15.7 Å². The van der Waals surface area contributed by atoms with Crippen LogP contribution in [-0.2, 0) is 14.3 Å². The van der Waals surface area contributed by atoms with Crippen LogP contribution in [0, 0.1) is 0 Å². The summed E-state index contributed by atoms with van der Waals surface area (Å²) in [6, 6.07) is 7.62. The molecule has 0 fully saturated rings. The molecule has 0 aromatic heterocycles. The highest BCUT2D eigenvalue weighted by Crippen LogP contribution is 2.32. The zero-order chi connectivity index (χ0) is 14.9. The third-order valence-electron chi connectivity index (χ3n) is 3.01. The number of hydrogen-bond donors (Lipinski definition) is 0. The largest absolute Gasteiger partial charge is 0.450 e. The molecule has 0 atom stereocenters. The van der Waals surface area contributed by atoms with Gasteiger partial charge in [0.25, 0.3) is 5.91 Å². The molecule has 1 aliphatic rings. The van der Waals surface area contributed by atoms with Crippen LogP contribution in [0.2, 0.25) is 0 Å². The van der Waals surface area contributed by atoms with Gasteiger partial charge in [-0.15, -0.1) is 0 Å². The molecule has 0 spiro atoms. The van der Waals surface area contributed by atoms with Crippen LogP contribution in [0.25, 0.3) is 6.08 Å². The lowest BCUT2D eigenvalue weighted by atomic mass is 10.0. The normalized spacial score (nSPS) is 14.4. The van der Waals surface area contributed by atoms with Gasteiger partial charge in [-0.3, -0.25) is 9.59 Å². The molecule has 0 bridgehead atoms. The maximum Gasteiger partial charge on any atom is 0.303 e. The van der Waals surface area contributed by atoms with Gasteiger partial charge in [-0.2, -0.15) is 0 Å². The highest BCUT2D eigenvalue weighted by atomic mass is 79.9. The first-order valence-corrected chi connectivity index (χ1v) is 7.07. The number of rotatable bonds is 2. The molecule has 2 rings (SSSR count). The molecule has 0 saturated heterocycles. The molecule has 1 amide bonds. The Hall–Kier alpha value is -1.62. The average Bonchev–Trinajstić information content (AvgIpc) is 2.35. The lowest BCUT2D eigenvalue weighted by Crippen LogP contribution is -2.49. The summed E-state index contributed by atoms with van der Waals surface area (Å²) < 4.78 is 6.04. The van der Waals surface area contributed by atoms with Crippen molar-refractivity contribution in [2.24, 2.45) is 0 Å². The van der Waals surface area contributed by atoms with E-state index in [0.29, 0.717) is 6.54 Å². The number of amides is 1. The molecule has 5 heteroatoms. The van der Waals surface area contributed by atoms with Gasteiger partial charge in [0.15, 0.2) is 5.60 Å². The van der Waals surface area contributed by atoms with E-state index < -0.39 is 11.6 Å². The smallest absolute Gasteiger partial charge is 0.303 e. The zero-order valence-electron chi connectivity index (χ0n) is 11.6. The lowest BCUT2D eigenvalue weighted by molar-refractivity contribution is -0.161. The fourth-order valence-electron chi connectivity index (χ4n) is 2.22. The number of fused-ring (bicyclic) bond motifs is 1. The van der Waals surface area contributed by atoms with Crippen LogP contribution in [0.1, 0.15) is 26.3 Å². The van der Waals surface area contributed by atoms with Crippen molar-refractivity contribution in [3.05, 3.63) is 34.3 Å². The molecular formula is C15H16BrNO3. The van der Waals surface area contributed by atoms with Crippen LogP contribution in [0.3, 0.4) is 0 Å². The number of esters is 1. The van der Waals surface area contributed by atoms with Crippen LogP contribution in [0.5, 0.6) is 0 Å². The van der Waals surface area contributed by atoms with E-state index in [-0.39, 0.29) is 5.91 Å². The zero-order valence-corrected chi connectivity index (χ0v) is 13.2. The predicted octanol–water partition coefficient (Wildman–Crippen LogP) is 3.11. The van der Waals surface area contributed by atoms with E-state index in [2.05, 4.69) is 15.9 Å². The Morgan fingerprint density at radius 3 is 2.60 bits per heavy atom. The van der Waals surface area contributed by atoms with Crippen LogP contribution in [0.4, 0.5) is 5.69 Å². The summed E-state index contributed by atoms with van der Waals surface area (Å²) in [5, 5.41) is 0. The van der Waals surface area contributed by atoms with Crippen molar-refractivity contribution in [3.63, 3.8) is 0 Å². The van der Waals surface area contributed by atoms with Gasteiger partial charge in [0.1, 0.15) is 0 Å². The molecule has 1 heterocycles. The second-order valence-electron chi connectivity index (χ2n) is 5.15. The van der Waals surface area contributed by atoms with Gasteiger partial charge >= 0.3 is 5.97 Å². The Morgan fingerprint density at radius 1 is 1.30 bits per heavy atom. The van der Waals surface area contributed by atoms with E-state index in [4.69, 9.17) is 4.74 Å². The minimum absolute atomic E-state index is 0.245. The predicted molar refractivity (Wildman–Crippen MR) is 81.5 cm³/mol. The van der Waals surface area contributed by atoms with E-state index in [9.17, 15) is 9.59 Å². The first-order chi connectivity index (χ1) is 9.31. The Kier molecular flexibility index (Phi) is 3.99. The van der Waals surface area contributed by atoms with Gasteiger partial charge in [-0.25, -0.2) is 0 Å². The number of anilines is 1. The topological polar surface area (TPSA) is 46.6 Å². The molecule has 0 saturated carbocycles. The minimum atomic E-state index is -1.19. The Bertz CT molecular complexity index is 593. The number of hydrogen-bond acceptors (Lipinski definition) is 3. The molecule has 0 N–H and O–H groups in total. The highest BCUT2D eigenvalue weighted by Gasteiger charge is 2.37. The van der Waals surface area contributed by atoms with Crippen molar-refractivity contribution >= 4 is 39.6 Å². The number of ether oxygens (including phenoxy) is 1. The number of benzene rings is 1. The number of para-hydroxylation sites is 1. The quantitative estimate of drug-likeness (QED) is 0.779. The van der Waals surface area contributed by atoms with Gasteiger partial charge in [0, 0.05) is 11.4 Å². The number of nitrogens with zero attached hydrogens (tertiary/aromatic N) is 1. The maximum absolute atomic E-state index is 12.7. The van der Waals surface area contributed by atoms with Crippen LogP contribution in [0.15, 0.2) is 28.7 Å². The van der Waals surface area contributed by atoms with Crippen molar-refractivity contribution in [2.75, 3.05) is 11.4 Å². The van der Waals surface area contributed by atoms with Gasteiger partial charge in [0.2, 0.25) is 0 Å². The number of carbonyl (C=O) groups excluding carboxylic acids is 2. The second-order valence-corrected chi connectivity index (χ2v) is 6.16. The third kappa shape index (κ3) is 2.93. The summed E-state index contributed by atoms with van der Waals surface area (Å²) in [6.07, 6.45) is 1.98. The minimum Gasteiger partial charge on any atom is -0.450 e. The van der Waals surface area contributed by atoms with Crippen molar-refractivity contribution in [2.45, 2.75) is 26.4 Å². The first kappa shape index (κ1) is 14.8. The Labute approximate surface area is 126 Å². The molecule has 0 radical (unpaired) electrons. The summed E-state index contributed by atoms with van der Waals surface area (Å²) >= 11 is 3.44. The van der Waals surface area contributed by atoms with Crippen LogP contribution >= 0.6 is 15.9 Å². The molecule has 1 aromatic carbocycles. The SMILES string of the molecule is CC(=O)OC(C)(C)C(=O)N1CC(Br)=Cc2ccccc21. The Balaban J connectivity index is 2.36. The van der Waals surface area contributed by atoms with Crippen molar-refractivity contribution in [3.8, 4) is 0 Å². The van der Waals surface area contributed by atoms with E-state index in [1.807, 2.05) is 30.3 Å². The molecular weight excluding hydrogens is 322 g/mol. The van der Waals surface area contributed by atoms with Gasteiger partial charge in [-0.1, -0.05) is 34.1 Å². The maximum atomic E-state index is 12.7. The van der Waals surface area contributed by atoms with Gasteiger partial charge in [0.05, 0.1) is 12.2 Å². The third-order valence-corrected chi connectivity index (χ3v) is 3.49. The summed E-state index contributed by atoms with van der Waals surface area (Å²) in [6.45, 7) is 4.94. The van der Waals surface area contributed by atoms with Crippen molar-refractivity contribution in [1.29, 1.82) is 0 Å². The van der Waals surface area contributed by atoms with Gasteiger partial charge < -0.3 is 9.64 Å². The average molecular weight is 338 g/mol. The van der Waals surface area contributed by atoms with Crippen LogP contribution < -0.4 is 4.90 Å². The van der Waals surface area contributed by atoms with Crippen LogP contribution in [-0.4, -0.2) is 24.0 Å². The summed E-state index contributed by atoms with van der Waals surface area (Å²) in [5.41, 5.74) is 0.586. The molecule has 1 aromatic rings. The fourth-order valence-corrected chi connectivity index (χ4v) is 2.71. The first-order valence-electron chi connectivity index (χ1n) is 6.28. The summed E-state index contributed by atoms with van der Waals surface area (Å²) in [4.78, 5) is 25.4. The number of carbonyl (C=O) groups is 2. The van der Waals surface area contributed by atoms with Crippen molar-refractivity contribution < 1.29 is 14.3 Å². The molecule has 20 heavy (non-hydrogen) atoms. The highest BCUT2D eigenvalue weighted by molar-refractivity contribution is 9.11. The molecule has 106 valence electrons. The van der Waals surface area contributed by atoms with E-state index >= 15 is 0 Å². The standard InChI is InChI=1S/C15H16BrNO3/c1-10(18)20-15(2,3)14(19)17-9-12(16)8-11-6-4-5-7-13(11)17/h4-8H,9H2,1-3H3. The molecule has 1 aliphatic heterocycles. The second kappa shape index (κ2) is 5.40. The number of halogens is 1.